The largest absolute Gasteiger partial charge is 0.493 e. The van der Waals surface area contributed by atoms with Gasteiger partial charge < -0.3 is 9.47 Å². The molecule has 0 saturated heterocycles. The number of nitrogens with one attached hydrogen (secondary N) is 3. The zero-order chi connectivity index (χ0) is 24.1. The summed E-state index contributed by atoms with van der Waals surface area (Å²) in [6, 6.07) is 9.07. The molecule has 33 heavy (non-hydrogen) atoms. The number of hydrogen-bond donors (Lipinski definition) is 3. The number of rotatable bonds is 9. The average molecular weight is 509 g/mol. The molecule has 0 aliphatic carbocycles. The van der Waals surface area contributed by atoms with E-state index in [9.17, 15) is 0 Å². The van der Waals surface area contributed by atoms with Crippen molar-refractivity contribution in [2.24, 2.45) is 0 Å². The van der Waals surface area contributed by atoms with E-state index in [1.165, 1.54) is 23.7 Å². The number of nitrogens with zero attached hydrogens (tertiary/aromatic N) is 3. The van der Waals surface area contributed by atoms with Gasteiger partial charge in [0.25, 0.3) is 0 Å². The molecule has 0 atom stereocenters. The van der Waals surface area contributed by atoms with Gasteiger partial charge in [-0.25, -0.2) is 0 Å². The molecule has 2 aromatic carbocycles. The van der Waals surface area contributed by atoms with Crippen LogP contribution in [0.5, 0.6) is 11.5 Å². The quantitative estimate of drug-likeness (QED) is 0.170. The van der Waals surface area contributed by atoms with Gasteiger partial charge in [0.05, 0.1) is 32.0 Å². The van der Waals surface area contributed by atoms with Crippen molar-refractivity contribution < 1.29 is 14.3 Å². The van der Waals surface area contributed by atoms with Crippen LogP contribution in [-0.2, 0) is 11.3 Å². The Morgan fingerprint density at radius 2 is 1.88 bits per heavy atom. The maximum Gasteiger partial charge on any atom is 0.206 e. The van der Waals surface area contributed by atoms with Gasteiger partial charge in [-0.1, -0.05) is 22.9 Å². The van der Waals surface area contributed by atoms with Crippen molar-refractivity contribution in [3.8, 4) is 22.1 Å². The molecule has 12 heteroatoms. The third kappa shape index (κ3) is 5.87. The van der Waals surface area contributed by atoms with E-state index in [1.807, 2.05) is 30.5 Å². The Bertz CT molecular complexity index is 1210. The smallest absolute Gasteiger partial charge is 0.206 e. The summed E-state index contributed by atoms with van der Waals surface area (Å²) in [5.41, 5.74) is 4.97. The zero-order valence-electron chi connectivity index (χ0n) is 18.9. The fourth-order valence-electron chi connectivity index (χ4n) is 3.03. The molecule has 0 unspecified atom stereocenters. The second-order valence-corrected chi connectivity index (χ2v) is 9.70. The fraction of sp³-hybridized carbons (Fsp3) is 0.286. The van der Waals surface area contributed by atoms with Crippen LogP contribution in [0.1, 0.15) is 5.56 Å². The summed E-state index contributed by atoms with van der Waals surface area (Å²) < 4.78 is 14.2. The number of anilines is 1. The van der Waals surface area contributed by atoms with Crippen LogP contribution in [0.15, 0.2) is 35.2 Å². The van der Waals surface area contributed by atoms with Crippen molar-refractivity contribution in [2.45, 2.75) is 11.3 Å². The van der Waals surface area contributed by atoms with Crippen LogP contribution in [-0.4, -0.2) is 55.3 Å². The van der Waals surface area contributed by atoms with E-state index in [1.54, 1.807) is 32.4 Å². The molecule has 0 saturated carbocycles. The summed E-state index contributed by atoms with van der Waals surface area (Å²) in [6.07, 6.45) is 0.251. The van der Waals surface area contributed by atoms with Gasteiger partial charge in [-0.3, -0.25) is 25.4 Å². The molecule has 0 bridgehead atoms. The van der Waals surface area contributed by atoms with Crippen LogP contribution >= 0.6 is 34.9 Å². The first kappa shape index (κ1) is 25.1. The van der Waals surface area contributed by atoms with Crippen molar-refractivity contribution in [3.63, 3.8) is 0 Å². The first-order chi connectivity index (χ1) is 15.8. The minimum Gasteiger partial charge on any atom is -0.493 e. The fourth-order valence-corrected chi connectivity index (χ4v) is 4.99. The van der Waals surface area contributed by atoms with Gasteiger partial charge in [-0.05, 0) is 61.9 Å². The van der Waals surface area contributed by atoms with Gasteiger partial charge in [-0.15, -0.1) is 0 Å². The number of ether oxygens (including phenoxy) is 2. The topological polar surface area (TPSA) is 108 Å². The number of aromatic nitrogens is 2. The summed E-state index contributed by atoms with van der Waals surface area (Å²) in [5, 5.41) is 22.5. The lowest BCUT2D eigenvalue weighted by molar-refractivity contribution is 0.271. The Morgan fingerprint density at radius 1 is 1.18 bits per heavy atom. The molecule has 1 heterocycles. The van der Waals surface area contributed by atoms with Crippen LogP contribution < -0.4 is 19.8 Å². The molecule has 9 nitrogen and oxygen atoms in total. The molecule has 0 radical (unpaired) electrons. The number of methoxy groups -OCH3 is 2. The molecule has 176 valence electrons. The van der Waals surface area contributed by atoms with Crippen LogP contribution in [0.4, 0.5) is 5.69 Å². The molecule has 0 fully saturated rings. The minimum atomic E-state index is 0.132. The summed E-state index contributed by atoms with van der Waals surface area (Å²) in [4.78, 5) is 5.96. The summed E-state index contributed by atoms with van der Waals surface area (Å²) >= 11 is 9.09. The zero-order valence-corrected chi connectivity index (χ0v) is 21.2. The van der Waals surface area contributed by atoms with Gasteiger partial charge >= 0.3 is 0 Å². The molecule has 0 aliphatic rings. The second kappa shape index (κ2) is 11.0. The molecule has 0 spiro atoms. The molecule has 3 aromatic rings. The average Bonchev–Trinajstić information content (AvgIpc) is 3.15. The van der Waals surface area contributed by atoms with Gasteiger partial charge in [-0.2, -0.15) is 9.78 Å². The highest BCUT2D eigenvalue weighted by Crippen LogP contribution is 2.36. The highest BCUT2D eigenvalue weighted by molar-refractivity contribution is 7.97. The third-order valence-electron chi connectivity index (χ3n) is 4.46. The van der Waals surface area contributed by atoms with Gasteiger partial charge in [0.15, 0.2) is 11.5 Å². The Balaban J connectivity index is 1.93. The number of benzene rings is 2. The van der Waals surface area contributed by atoms with Crippen molar-refractivity contribution in [3.05, 3.63) is 45.7 Å². The molecular formula is C21H25ClN6O3S2. The van der Waals surface area contributed by atoms with Crippen LogP contribution in [0.3, 0.4) is 0 Å². The predicted octanol–water partition coefficient (Wildman–Crippen LogP) is 4.37. The van der Waals surface area contributed by atoms with Gasteiger partial charge in [0.2, 0.25) is 4.80 Å². The lowest BCUT2D eigenvalue weighted by Gasteiger charge is -2.17. The predicted molar refractivity (Wildman–Crippen MR) is 133 cm³/mol. The van der Waals surface area contributed by atoms with Crippen LogP contribution in [0.25, 0.3) is 10.6 Å². The summed E-state index contributed by atoms with van der Waals surface area (Å²) in [7, 11) is 8.57. The monoisotopic (exact) mass is 508 g/mol. The van der Waals surface area contributed by atoms with E-state index in [0.717, 1.165) is 21.8 Å². The van der Waals surface area contributed by atoms with E-state index < -0.39 is 0 Å². The number of halogens is 1. The maximum atomic E-state index is 8.66. The molecule has 3 N–H and O–H groups in total. The van der Waals surface area contributed by atoms with E-state index in [2.05, 4.69) is 10.6 Å². The SMILES string of the molecule is CONc1ccc(-c2nn(C(=N)Cc3cc(OC)c(OC)cc3SN(C)C)c(=N)s2)c(Cl)c1. The molecular weight excluding hydrogens is 484 g/mol. The van der Waals surface area contributed by atoms with Gasteiger partial charge in [0, 0.05) is 16.9 Å². The molecule has 0 amide bonds. The second-order valence-electron chi connectivity index (χ2n) is 6.97. The maximum absolute atomic E-state index is 8.66. The highest BCUT2D eigenvalue weighted by atomic mass is 35.5. The van der Waals surface area contributed by atoms with Crippen molar-refractivity contribution in [1.29, 1.82) is 10.8 Å². The normalized spacial score (nSPS) is 11.0. The Hall–Kier alpha value is -2.57. The van der Waals surface area contributed by atoms with E-state index in [-0.39, 0.29) is 17.1 Å². The van der Waals surface area contributed by atoms with E-state index in [0.29, 0.717) is 32.8 Å². The van der Waals surface area contributed by atoms with Gasteiger partial charge in [0.1, 0.15) is 10.8 Å². The van der Waals surface area contributed by atoms with Crippen molar-refractivity contribution >= 4 is 46.4 Å². The third-order valence-corrected chi connectivity index (χ3v) is 6.57. The standard InChI is InChI=1S/C21H25ClN6O3S2/c1-27(2)33-18-11-17(30-4)16(29-3)8-12(18)9-19(23)28-21(24)32-20(25-28)14-7-6-13(26-31-5)10-15(14)22/h6-8,10-11,23-24,26H,9H2,1-5H3. The first-order valence-corrected chi connectivity index (χ1v) is 11.7. The molecule has 0 aliphatic heterocycles. The highest BCUT2D eigenvalue weighted by Gasteiger charge is 2.18. The Labute approximate surface area is 205 Å². The summed E-state index contributed by atoms with van der Waals surface area (Å²) in [6.45, 7) is 0. The minimum absolute atomic E-state index is 0.132. The van der Waals surface area contributed by atoms with Crippen molar-refractivity contribution in [1.82, 2.24) is 14.1 Å². The van der Waals surface area contributed by atoms with Crippen molar-refractivity contribution in [2.75, 3.05) is 40.9 Å². The van der Waals surface area contributed by atoms with E-state index >= 15 is 0 Å². The first-order valence-electron chi connectivity index (χ1n) is 9.69. The lowest BCUT2D eigenvalue weighted by atomic mass is 10.1. The number of hydrogen-bond acceptors (Lipinski definition) is 10. The molecule has 3 rings (SSSR count). The van der Waals surface area contributed by atoms with Crippen LogP contribution in [0.2, 0.25) is 5.02 Å². The lowest BCUT2D eigenvalue weighted by Crippen LogP contribution is -2.25. The Kier molecular flexibility index (Phi) is 8.38. The summed E-state index contributed by atoms with van der Waals surface area (Å²) in [5.74, 6) is 1.35. The Morgan fingerprint density at radius 3 is 2.48 bits per heavy atom. The van der Waals surface area contributed by atoms with E-state index in [4.69, 9.17) is 36.7 Å². The molecule has 1 aromatic heterocycles. The van der Waals surface area contributed by atoms with Crippen LogP contribution in [0, 0.1) is 10.8 Å².